The predicted molar refractivity (Wildman–Crippen MR) is 104 cm³/mol. The van der Waals surface area contributed by atoms with Gasteiger partial charge in [0.1, 0.15) is 11.5 Å². The molecule has 0 aliphatic heterocycles. The van der Waals surface area contributed by atoms with Gasteiger partial charge in [-0.15, -0.1) is 0 Å². The van der Waals surface area contributed by atoms with Gasteiger partial charge in [-0.1, -0.05) is 24.3 Å². The first-order valence-corrected chi connectivity index (χ1v) is 9.93. The van der Waals surface area contributed by atoms with Crippen molar-refractivity contribution >= 4 is 26.5 Å². The fraction of sp³-hybridized carbons (Fsp3) is 0.200. The molecule has 136 valence electrons. The Morgan fingerprint density at radius 2 is 1.46 bits per heavy atom. The highest BCUT2D eigenvalue weighted by Crippen LogP contribution is 2.32. The van der Waals surface area contributed by atoms with Gasteiger partial charge in [-0.2, -0.15) is 0 Å². The lowest BCUT2D eigenvalue weighted by Gasteiger charge is -2.13. The van der Waals surface area contributed by atoms with Crippen molar-refractivity contribution in [1.29, 1.82) is 0 Å². The normalized spacial score (nSPS) is 11.3. The van der Waals surface area contributed by atoms with Crippen LogP contribution in [-0.4, -0.2) is 21.6 Å². The molecule has 0 saturated carbocycles. The number of nitrogens with one attached hydrogen (secondary N) is 1. The van der Waals surface area contributed by atoms with Crippen LogP contribution in [0.15, 0.2) is 65.6 Å². The maximum absolute atomic E-state index is 12.9. The maximum atomic E-state index is 12.9. The number of fused-ring (bicyclic) bond motifs is 1. The smallest absolute Gasteiger partial charge is 0.262 e. The summed E-state index contributed by atoms with van der Waals surface area (Å²) in [4.78, 5) is 0.213. The van der Waals surface area contributed by atoms with Crippen molar-refractivity contribution < 1.29 is 17.9 Å². The minimum Gasteiger partial charge on any atom is -0.494 e. The van der Waals surface area contributed by atoms with Crippen molar-refractivity contribution in [3.63, 3.8) is 0 Å². The van der Waals surface area contributed by atoms with E-state index in [9.17, 15) is 8.42 Å². The first-order chi connectivity index (χ1) is 12.5. The van der Waals surface area contributed by atoms with Gasteiger partial charge >= 0.3 is 0 Å². The number of hydrogen-bond donors (Lipinski definition) is 1. The number of rotatable bonds is 7. The number of anilines is 1. The van der Waals surface area contributed by atoms with E-state index in [4.69, 9.17) is 9.47 Å². The van der Waals surface area contributed by atoms with E-state index in [-0.39, 0.29) is 4.90 Å². The average Bonchev–Trinajstić information content (AvgIpc) is 2.64. The third-order valence-electron chi connectivity index (χ3n) is 3.85. The molecule has 0 fully saturated rings. The highest BCUT2D eigenvalue weighted by molar-refractivity contribution is 7.93. The fourth-order valence-electron chi connectivity index (χ4n) is 2.76. The van der Waals surface area contributed by atoms with Crippen LogP contribution in [0.2, 0.25) is 0 Å². The Hall–Kier alpha value is -2.73. The summed E-state index contributed by atoms with van der Waals surface area (Å²) in [6.07, 6.45) is 0. The molecule has 0 atom stereocenters. The van der Waals surface area contributed by atoms with E-state index in [1.807, 2.05) is 32.0 Å². The minimum absolute atomic E-state index is 0.213. The summed E-state index contributed by atoms with van der Waals surface area (Å²) in [7, 11) is -3.74. The van der Waals surface area contributed by atoms with E-state index >= 15 is 0 Å². The number of sulfonamides is 1. The number of benzene rings is 3. The average molecular weight is 371 g/mol. The Morgan fingerprint density at radius 3 is 2.12 bits per heavy atom. The zero-order valence-electron chi connectivity index (χ0n) is 14.7. The molecule has 3 aromatic carbocycles. The molecule has 0 amide bonds. The summed E-state index contributed by atoms with van der Waals surface area (Å²) in [5, 5.41) is 1.39. The first-order valence-electron chi connectivity index (χ1n) is 8.45. The molecule has 0 radical (unpaired) electrons. The van der Waals surface area contributed by atoms with Gasteiger partial charge in [-0.25, -0.2) is 8.42 Å². The Bertz CT molecular complexity index is 998. The van der Waals surface area contributed by atoms with Crippen molar-refractivity contribution in [3.8, 4) is 11.5 Å². The molecular formula is C20H21NO4S. The lowest BCUT2D eigenvalue weighted by atomic mass is 10.1. The van der Waals surface area contributed by atoms with Crippen LogP contribution in [0.5, 0.6) is 11.5 Å². The lowest BCUT2D eigenvalue weighted by molar-refractivity contribution is 0.340. The van der Waals surface area contributed by atoms with Crippen LogP contribution in [0, 0.1) is 0 Å². The van der Waals surface area contributed by atoms with Crippen LogP contribution in [0.4, 0.5) is 5.69 Å². The maximum Gasteiger partial charge on any atom is 0.262 e. The third kappa shape index (κ3) is 3.75. The van der Waals surface area contributed by atoms with Crippen LogP contribution in [-0.2, 0) is 10.0 Å². The van der Waals surface area contributed by atoms with Gasteiger partial charge < -0.3 is 9.47 Å². The summed E-state index contributed by atoms with van der Waals surface area (Å²) < 4.78 is 39.4. The summed E-state index contributed by atoms with van der Waals surface area (Å²) in [6, 6.07) is 17.4. The quantitative estimate of drug-likeness (QED) is 0.667. The third-order valence-corrected chi connectivity index (χ3v) is 5.29. The second kappa shape index (κ2) is 7.66. The Labute approximate surface area is 153 Å². The topological polar surface area (TPSA) is 64.6 Å². The predicted octanol–water partition coefficient (Wildman–Crippen LogP) is 4.44. The monoisotopic (exact) mass is 371 g/mol. The first kappa shape index (κ1) is 18.1. The van der Waals surface area contributed by atoms with Crippen LogP contribution >= 0.6 is 0 Å². The van der Waals surface area contributed by atoms with Crippen LogP contribution in [0.1, 0.15) is 13.8 Å². The van der Waals surface area contributed by atoms with E-state index in [0.29, 0.717) is 35.8 Å². The van der Waals surface area contributed by atoms with Gasteiger partial charge in [0.2, 0.25) is 0 Å². The summed E-state index contributed by atoms with van der Waals surface area (Å²) in [6.45, 7) is 4.87. The Morgan fingerprint density at radius 1 is 0.808 bits per heavy atom. The number of ether oxygens (including phenoxy) is 2. The highest BCUT2D eigenvalue weighted by Gasteiger charge is 2.19. The molecule has 5 nitrogen and oxygen atoms in total. The molecule has 0 heterocycles. The van der Waals surface area contributed by atoms with Crippen molar-refractivity contribution in [2.24, 2.45) is 0 Å². The highest BCUT2D eigenvalue weighted by atomic mass is 32.2. The van der Waals surface area contributed by atoms with Crippen LogP contribution in [0.3, 0.4) is 0 Å². The second-order valence-corrected chi connectivity index (χ2v) is 7.25. The summed E-state index contributed by atoms with van der Waals surface area (Å²) in [5.41, 5.74) is 0.478. The molecule has 3 aromatic rings. The van der Waals surface area contributed by atoms with E-state index in [0.717, 1.165) is 5.39 Å². The van der Waals surface area contributed by atoms with Gasteiger partial charge in [0, 0.05) is 16.5 Å². The molecule has 0 aliphatic rings. The standard InChI is InChI=1S/C20H21NO4S/c1-3-24-16-11-9-15(10-12-16)21-26(22,23)20-14-13-19(25-4-2)17-7-5-6-8-18(17)20/h5-14,21H,3-4H2,1-2H3. The van der Waals surface area contributed by atoms with E-state index in [1.165, 1.54) is 0 Å². The fourth-order valence-corrected chi connectivity index (χ4v) is 4.03. The Balaban J connectivity index is 1.98. The molecule has 0 saturated heterocycles. The van der Waals surface area contributed by atoms with Crippen LogP contribution in [0.25, 0.3) is 10.8 Å². The summed E-state index contributed by atoms with van der Waals surface area (Å²) in [5.74, 6) is 1.37. The van der Waals surface area contributed by atoms with Gasteiger partial charge in [-0.3, -0.25) is 4.72 Å². The molecule has 0 spiro atoms. The zero-order chi connectivity index (χ0) is 18.6. The van der Waals surface area contributed by atoms with Crippen LogP contribution < -0.4 is 14.2 Å². The van der Waals surface area contributed by atoms with Gasteiger partial charge in [-0.05, 0) is 50.2 Å². The minimum atomic E-state index is -3.74. The number of hydrogen-bond acceptors (Lipinski definition) is 4. The van der Waals surface area contributed by atoms with Crippen molar-refractivity contribution in [2.75, 3.05) is 17.9 Å². The molecular weight excluding hydrogens is 350 g/mol. The van der Waals surface area contributed by atoms with E-state index < -0.39 is 10.0 Å². The van der Waals surface area contributed by atoms with Gasteiger partial charge in [0.05, 0.1) is 18.1 Å². The van der Waals surface area contributed by atoms with Gasteiger partial charge in [0.25, 0.3) is 10.0 Å². The van der Waals surface area contributed by atoms with Gasteiger partial charge in [0.15, 0.2) is 0 Å². The lowest BCUT2D eigenvalue weighted by Crippen LogP contribution is -2.13. The van der Waals surface area contributed by atoms with E-state index in [1.54, 1.807) is 42.5 Å². The molecule has 1 N–H and O–H groups in total. The van der Waals surface area contributed by atoms with Crippen molar-refractivity contribution in [3.05, 3.63) is 60.7 Å². The molecule has 6 heteroatoms. The Kier molecular flexibility index (Phi) is 5.32. The molecule has 3 rings (SSSR count). The van der Waals surface area contributed by atoms with E-state index in [2.05, 4.69) is 4.72 Å². The SMILES string of the molecule is CCOc1ccc(NS(=O)(=O)c2ccc(OCC)c3ccccc23)cc1. The zero-order valence-corrected chi connectivity index (χ0v) is 15.5. The molecule has 0 aliphatic carbocycles. The molecule has 0 aromatic heterocycles. The largest absolute Gasteiger partial charge is 0.494 e. The summed E-state index contributed by atoms with van der Waals surface area (Å²) >= 11 is 0. The molecule has 26 heavy (non-hydrogen) atoms. The molecule has 0 unspecified atom stereocenters. The molecule has 0 bridgehead atoms. The van der Waals surface area contributed by atoms with Crippen molar-refractivity contribution in [2.45, 2.75) is 18.7 Å². The van der Waals surface area contributed by atoms with Crippen molar-refractivity contribution in [1.82, 2.24) is 0 Å². The second-order valence-electron chi connectivity index (χ2n) is 5.60.